The van der Waals surface area contributed by atoms with E-state index < -0.39 is 11.4 Å². The summed E-state index contributed by atoms with van der Waals surface area (Å²) < 4.78 is 0. The number of thiophene rings is 1. The van der Waals surface area contributed by atoms with Crippen LogP contribution in [0.5, 0.6) is 0 Å². The lowest BCUT2D eigenvalue weighted by Crippen LogP contribution is -2.20. The predicted molar refractivity (Wildman–Crippen MR) is 52.2 cm³/mol. The Labute approximate surface area is 81.2 Å². The van der Waals surface area contributed by atoms with E-state index in [1.165, 1.54) is 4.88 Å². The highest BCUT2D eigenvalue weighted by molar-refractivity contribution is 7.12. The molecule has 1 saturated carbocycles. The molecule has 1 N–H and O–H groups in total. The number of rotatable bonds is 2. The summed E-state index contributed by atoms with van der Waals surface area (Å²) in [5.74, 6) is -0.370. The maximum atomic E-state index is 11.1. The van der Waals surface area contributed by atoms with Crippen LogP contribution >= 0.6 is 11.3 Å². The summed E-state index contributed by atoms with van der Waals surface area (Å²) in [5, 5.41) is 9.14. The van der Waals surface area contributed by atoms with E-state index in [1.54, 1.807) is 11.3 Å². The van der Waals surface area contributed by atoms with Crippen LogP contribution in [0.3, 0.4) is 0 Å². The zero-order chi connectivity index (χ0) is 9.64. The normalized spacial score (nSPS) is 31.7. The van der Waals surface area contributed by atoms with Crippen molar-refractivity contribution in [3.8, 4) is 0 Å². The molecule has 1 fully saturated rings. The quantitative estimate of drug-likeness (QED) is 0.788. The average Bonchev–Trinajstić information content (AvgIpc) is 2.53. The molecule has 70 valence electrons. The Bertz CT molecular complexity index is 356. The summed E-state index contributed by atoms with van der Waals surface area (Å²) >= 11 is 1.61. The van der Waals surface area contributed by atoms with E-state index in [9.17, 15) is 4.79 Å². The first-order valence-electron chi connectivity index (χ1n) is 4.37. The van der Waals surface area contributed by atoms with Gasteiger partial charge in [-0.25, -0.2) is 0 Å². The maximum Gasteiger partial charge on any atom is 0.315 e. The van der Waals surface area contributed by atoms with Crippen LogP contribution in [0.15, 0.2) is 12.1 Å². The number of hydrogen-bond acceptors (Lipinski definition) is 2. The molecule has 1 heterocycles. The van der Waals surface area contributed by atoms with Crippen LogP contribution in [0.4, 0.5) is 0 Å². The van der Waals surface area contributed by atoms with Crippen LogP contribution in [-0.4, -0.2) is 11.1 Å². The Morgan fingerprint density at radius 2 is 2.31 bits per heavy atom. The number of carboxylic acid groups (broad SMARTS) is 1. The Hall–Kier alpha value is -0.830. The van der Waals surface area contributed by atoms with Gasteiger partial charge in [0.15, 0.2) is 0 Å². The van der Waals surface area contributed by atoms with Gasteiger partial charge >= 0.3 is 5.97 Å². The van der Waals surface area contributed by atoms with E-state index in [0.717, 1.165) is 11.3 Å². The van der Waals surface area contributed by atoms with E-state index >= 15 is 0 Å². The summed E-state index contributed by atoms with van der Waals surface area (Å²) in [7, 11) is 0. The first-order valence-corrected chi connectivity index (χ1v) is 5.19. The van der Waals surface area contributed by atoms with Crippen LogP contribution in [0.1, 0.15) is 23.1 Å². The molecule has 2 rings (SSSR count). The zero-order valence-corrected chi connectivity index (χ0v) is 8.52. The predicted octanol–water partition coefficient (Wildman–Crippen LogP) is 2.42. The van der Waals surface area contributed by atoms with Gasteiger partial charge in [0.25, 0.3) is 0 Å². The fourth-order valence-electron chi connectivity index (χ4n) is 1.85. The summed E-state index contributed by atoms with van der Waals surface area (Å²) in [6.45, 7) is 4.01. The highest BCUT2D eigenvalue weighted by Crippen LogP contribution is 2.55. The SMILES string of the molecule is Cc1ccc(C2(C(=O)O)CC2C)s1. The van der Waals surface area contributed by atoms with Crippen LogP contribution < -0.4 is 0 Å². The summed E-state index contributed by atoms with van der Waals surface area (Å²) in [6.07, 6.45) is 0.794. The van der Waals surface area contributed by atoms with E-state index in [2.05, 4.69) is 0 Å². The number of aryl methyl sites for hydroxylation is 1. The monoisotopic (exact) mass is 196 g/mol. The Morgan fingerprint density at radius 3 is 2.62 bits per heavy atom. The molecule has 13 heavy (non-hydrogen) atoms. The lowest BCUT2D eigenvalue weighted by atomic mass is 10.0. The van der Waals surface area contributed by atoms with Gasteiger partial charge in [-0.2, -0.15) is 0 Å². The summed E-state index contributed by atoms with van der Waals surface area (Å²) in [6, 6.07) is 3.95. The third kappa shape index (κ3) is 1.10. The molecular formula is C10H12O2S. The first kappa shape index (κ1) is 8.75. The van der Waals surface area contributed by atoms with Gasteiger partial charge in [0, 0.05) is 9.75 Å². The smallest absolute Gasteiger partial charge is 0.315 e. The average molecular weight is 196 g/mol. The van der Waals surface area contributed by atoms with Gasteiger partial charge in [0.2, 0.25) is 0 Å². The van der Waals surface area contributed by atoms with Crippen molar-refractivity contribution in [1.29, 1.82) is 0 Å². The van der Waals surface area contributed by atoms with E-state index in [0.29, 0.717) is 5.92 Å². The van der Waals surface area contributed by atoms with Crippen molar-refractivity contribution in [2.45, 2.75) is 25.7 Å². The maximum absolute atomic E-state index is 11.1. The van der Waals surface area contributed by atoms with Gasteiger partial charge < -0.3 is 5.11 Å². The molecule has 0 radical (unpaired) electrons. The largest absolute Gasteiger partial charge is 0.481 e. The third-order valence-electron chi connectivity index (χ3n) is 2.87. The van der Waals surface area contributed by atoms with Crippen molar-refractivity contribution < 1.29 is 9.90 Å². The van der Waals surface area contributed by atoms with E-state index in [4.69, 9.17) is 5.11 Å². The van der Waals surface area contributed by atoms with Crippen molar-refractivity contribution in [1.82, 2.24) is 0 Å². The second-order valence-electron chi connectivity index (χ2n) is 3.79. The number of carboxylic acids is 1. The lowest BCUT2D eigenvalue weighted by Gasteiger charge is -2.07. The van der Waals surface area contributed by atoms with Crippen molar-refractivity contribution in [2.75, 3.05) is 0 Å². The molecule has 1 aromatic rings. The van der Waals surface area contributed by atoms with Gasteiger partial charge in [0.1, 0.15) is 5.41 Å². The minimum absolute atomic E-state index is 0.294. The molecule has 1 aliphatic carbocycles. The van der Waals surface area contributed by atoms with Crippen molar-refractivity contribution in [3.63, 3.8) is 0 Å². The van der Waals surface area contributed by atoms with Gasteiger partial charge in [-0.3, -0.25) is 4.79 Å². The van der Waals surface area contributed by atoms with Crippen LogP contribution in [0, 0.1) is 12.8 Å². The zero-order valence-electron chi connectivity index (χ0n) is 7.70. The number of hydrogen-bond donors (Lipinski definition) is 1. The highest BCUT2D eigenvalue weighted by atomic mass is 32.1. The molecule has 0 aliphatic heterocycles. The van der Waals surface area contributed by atoms with Gasteiger partial charge in [-0.15, -0.1) is 11.3 Å². The Morgan fingerprint density at radius 1 is 1.69 bits per heavy atom. The van der Waals surface area contributed by atoms with E-state index in [1.807, 2.05) is 26.0 Å². The third-order valence-corrected chi connectivity index (χ3v) is 4.05. The van der Waals surface area contributed by atoms with Crippen molar-refractivity contribution in [2.24, 2.45) is 5.92 Å². The van der Waals surface area contributed by atoms with Gasteiger partial charge in [-0.1, -0.05) is 6.92 Å². The second kappa shape index (κ2) is 2.58. The van der Waals surface area contributed by atoms with E-state index in [-0.39, 0.29) is 0 Å². The van der Waals surface area contributed by atoms with Crippen LogP contribution in [0.2, 0.25) is 0 Å². The minimum Gasteiger partial charge on any atom is -0.481 e. The Balaban J connectivity index is 2.39. The second-order valence-corrected chi connectivity index (χ2v) is 5.08. The number of aliphatic carboxylic acids is 1. The number of carbonyl (C=O) groups is 1. The van der Waals surface area contributed by atoms with Gasteiger partial charge in [0.05, 0.1) is 0 Å². The first-order chi connectivity index (χ1) is 6.07. The molecule has 2 atom stereocenters. The molecule has 0 saturated heterocycles. The fraction of sp³-hybridized carbons (Fsp3) is 0.500. The molecule has 0 aromatic carbocycles. The molecule has 0 bridgehead atoms. The van der Waals surface area contributed by atoms with Crippen molar-refractivity contribution in [3.05, 3.63) is 21.9 Å². The van der Waals surface area contributed by atoms with Gasteiger partial charge in [-0.05, 0) is 31.4 Å². The molecule has 1 aromatic heterocycles. The molecular weight excluding hydrogens is 184 g/mol. The molecule has 2 unspecified atom stereocenters. The molecule has 2 nitrogen and oxygen atoms in total. The molecule has 3 heteroatoms. The summed E-state index contributed by atoms with van der Waals surface area (Å²) in [4.78, 5) is 13.3. The van der Waals surface area contributed by atoms with Crippen LogP contribution in [-0.2, 0) is 10.2 Å². The fourth-order valence-corrected chi connectivity index (χ4v) is 3.02. The summed E-state index contributed by atoms with van der Waals surface area (Å²) in [5.41, 5.74) is -0.543. The lowest BCUT2D eigenvalue weighted by molar-refractivity contribution is -0.140. The molecule has 1 aliphatic rings. The van der Waals surface area contributed by atoms with Crippen LogP contribution in [0.25, 0.3) is 0 Å². The Kier molecular flexibility index (Phi) is 1.74. The topological polar surface area (TPSA) is 37.3 Å². The standard InChI is InChI=1S/C10H12O2S/c1-6-5-10(6,9(11)12)8-4-3-7(2)13-8/h3-4,6H,5H2,1-2H3,(H,11,12). The highest BCUT2D eigenvalue weighted by Gasteiger charge is 2.59. The molecule has 0 amide bonds. The van der Waals surface area contributed by atoms with Crippen molar-refractivity contribution >= 4 is 17.3 Å². The molecule has 0 spiro atoms. The minimum atomic E-state index is -0.665.